The number of nitrogens with two attached hydrogens (primary N) is 5. The number of carbonyl (C=O) groups excluding carboxylic acids is 19. The number of fused-ring (bicyclic) bond motifs is 1. The van der Waals surface area contributed by atoms with Crippen molar-refractivity contribution in [2.75, 3.05) is 66.0 Å². The molecule has 1 aliphatic heterocycles. The molecule has 2 aromatic carbocycles. The maximum Gasteiger partial charge on any atom is 0.245 e. The Bertz CT molecular complexity index is 4750. The van der Waals surface area contributed by atoms with Gasteiger partial charge in [-0.2, -0.15) is 0 Å². The van der Waals surface area contributed by atoms with E-state index in [2.05, 4.69) is 102 Å². The predicted octanol–water partition coefficient (Wildman–Crippen LogP) is -0.549. The molecule has 4 rings (SSSR count). The van der Waals surface area contributed by atoms with Crippen LogP contribution in [0.3, 0.4) is 0 Å². The van der Waals surface area contributed by atoms with Gasteiger partial charge in [0, 0.05) is 49.5 Å². The summed E-state index contributed by atoms with van der Waals surface area (Å²) in [6, 6.07) is -7.41. The standard InChI is InChI=1S/C104H174N24O22/c1-11-12-13-14-15-16-17-18-19-20-21-22-23-42-86(133)111-50-33-29-40-75(94(140)118-73(91(109)137)37-26-30-47-105)120-95(141)74(38-27-31-48-106)119-96(142)76(39-28-32-49-107)121-103(149)84-41-34-51-128(84)89(136)61-114-93(139)77(52-63(2)3)122-97(143)78(53-64(4)5)123-99(145)80(55-68-43-45-70(131)46-44-68)116-88(135)60-113-92(138)66(8)115-102(148)83(62-129)126-100(146)82(57-85(108)132)124-98(144)79(54-65(6)7)125-104(150)90(67(9)130)127-101(147)81(117-87(134)59-110-10)56-69-58-112-72-36-25-24-35-71(69)72/h24-25,35-36,43-46,58,63-67,73-84,90,110,112,129-131H,11-23,26-34,37-42,47-57,59-62,105-107H2,1-10H3,(H2,108,132)(H2,109,137)(H,111,133)(H,113,138)(H,114,139)(H,115,148)(H,116,135)(H,117,134)(H,118,140)(H,119,142)(H,120,141)(H,121,149)(H,122,143)(H,123,145)(H,124,144)(H,125,150)(H,126,146)(H,127,147)/t66-,67+,73-,74-,75+,76+,77-,78-,79-,80-,81-,82-,83-,84+,90-/m0/s1. The molecular weight excluding hydrogens is 1940 g/mol. The van der Waals surface area contributed by atoms with Crippen LogP contribution in [0.15, 0.2) is 54.7 Å². The van der Waals surface area contributed by atoms with Crippen LogP contribution in [0.25, 0.3) is 10.9 Å². The first-order valence-corrected chi connectivity index (χ1v) is 53.5. The number of aliphatic hydroxyl groups excluding tert-OH is 2. The van der Waals surface area contributed by atoms with Crippen LogP contribution in [-0.4, -0.2) is 294 Å². The van der Waals surface area contributed by atoms with Crippen molar-refractivity contribution < 1.29 is 106 Å². The second-order valence-electron chi connectivity index (χ2n) is 40.2. The number of benzene rings is 2. The summed E-state index contributed by atoms with van der Waals surface area (Å²) in [7, 11) is 1.52. The Morgan fingerprint density at radius 1 is 0.413 bits per heavy atom. The van der Waals surface area contributed by atoms with Crippen LogP contribution in [0.5, 0.6) is 5.75 Å². The summed E-state index contributed by atoms with van der Waals surface area (Å²) in [5.74, 6) is -17.3. The molecule has 46 nitrogen and oxygen atoms in total. The molecule has 46 heteroatoms. The van der Waals surface area contributed by atoms with Gasteiger partial charge >= 0.3 is 0 Å². The highest BCUT2D eigenvalue weighted by atomic mass is 16.3. The van der Waals surface area contributed by atoms with Crippen molar-refractivity contribution >= 4 is 123 Å². The number of para-hydroxylation sites is 1. The number of nitrogens with zero attached hydrogens (tertiary/aromatic N) is 1. The third kappa shape index (κ3) is 50.4. The van der Waals surface area contributed by atoms with Crippen molar-refractivity contribution in [3.63, 3.8) is 0 Å². The molecule has 842 valence electrons. The van der Waals surface area contributed by atoms with Gasteiger partial charge in [0.15, 0.2) is 0 Å². The van der Waals surface area contributed by atoms with Crippen LogP contribution in [0, 0.1) is 17.8 Å². The average molecular weight is 2110 g/mol. The zero-order valence-electron chi connectivity index (χ0n) is 89.4. The molecule has 1 fully saturated rings. The first-order valence-electron chi connectivity index (χ1n) is 53.5. The number of aromatic amines is 1. The van der Waals surface area contributed by atoms with E-state index < -0.39 is 223 Å². The molecule has 0 bridgehead atoms. The topological polar surface area (TPSA) is 739 Å². The molecule has 1 aromatic heterocycles. The van der Waals surface area contributed by atoms with Crippen LogP contribution in [0.2, 0.25) is 0 Å². The number of hydrogen-bond acceptors (Lipinski definition) is 26. The molecule has 0 aliphatic carbocycles. The Hall–Kier alpha value is -12.5. The molecule has 31 N–H and O–H groups in total. The van der Waals surface area contributed by atoms with E-state index in [4.69, 9.17) is 28.7 Å². The highest BCUT2D eigenvalue weighted by Gasteiger charge is 2.41. The van der Waals surface area contributed by atoms with E-state index in [1.807, 2.05) is 6.07 Å². The fourth-order valence-electron chi connectivity index (χ4n) is 17.4. The molecule has 150 heavy (non-hydrogen) atoms. The third-order valence-electron chi connectivity index (χ3n) is 25.7. The molecule has 19 amide bonds. The van der Waals surface area contributed by atoms with Crippen molar-refractivity contribution in [2.45, 2.75) is 371 Å². The summed E-state index contributed by atoms with van der Waals surface area (Å²) in [5, 5.41) is 76.3. The van der Waals surface area contributed by atoms with Crippen LogP contribution in [-0.2, 0) is 104 Å². The number of aliphatic hydroxyl groups is 2. The quantitative estimate of drug-likeness (QED) is 0.0315. The number of carbonyl (C=O) groups is 19. The molecule has 3 aromatic rings. The molecule has 0 radical (unpaired) electrons. The predicted molar refractivity (Wildman–Crippen MR) is 565 cm³/mol. The van der Waals surface area contributed by atoms with Crippen LogP contribution in [0.1, 0.15) is 279 Å². The number of amides is 19. The second-order valence-corrected chi connectivity index (χ2v) is 40.2. The molecule has 0 saturated carbocycles. The number of likely N-dealkylation sites (tertiary alicyclic amines) is 1. The SMILES string of the molecule is CCCCCCCCCCCCCCCC(=O)NCCCC[C@@H](NC(=O)[C@H](CCCCN)NC(=O)[C@@H](CCCCN)NC(=O)[C@H]1CCCN1C(=O)CNC(=O)[C@H](CC(C)C)NC(=O)[C@H](CC(C)C)NC(=O)[C@H](Cc1ccc(O)cc1)NC(=O)CNC(=O)[C@H](C)NC(=O)[C@H](CO)NC(=O)[C@H](CC(N)=O)NC(=O)[C@H](CC(C)C)NC(=O)[C@@H](NC(=O)[C@H](Cc1c[nH]c2ccccc12)NC(=O)CNC)[C@@H](C)O)C(=O)N[C@@H](CCCCN)C(N)=O. The maximum atomic E-state index is 14.7. The number of rotatable bonds is 78. The Labute approximate surface area is 880 Å². The number of phenolic OH excluding ortho intramolecular Hbond substituents is 1. The van der Waals surface area contributed by atoms with Gasteiger partial charge in [-0.25, -0.2) is 0 Å². The Morgan fingerprint density at radius 2 is 0.840 bits per heavy atom. The van der Waals surface area contributed by atoms with E-state index in [-0.39, 0.29) is 120 Å². The summed E-state index contributed by atoms with van der Waals surface area (Å²) in [6.07, 6.45) is 18.6. The van der Waals surface area contributed by atoms with Gasteiger partial charge in [0.05, 0.1) is 38.8 Å². The van der Waals surface area contributed by atoms with E-state index in [9.17, 15) is 106 Å². The zero-order chi connectivity index (χ0) is 111. The lowest BCUT2D eigenvalue weighted by Crippen LogP contribution is -2.62. The van der Waals surface area contributed by atoms with Gasteiger partial charge in [-0.15, -0.1) is 0 Å². The molecule has 1 saturated heterocycles. The number of hydrogen-bond donors (Lipinski definition) is 26. The maximum absolute atomic E-state index is 14.7. The van der Waals surface area contributed by atoms with Gasteiger partial charge in [-0.05, 0) is 203 Å². The minimum absolute atomic E-state index is 0.00788. The number of likely N-dealkylation sites (N-methyl/N-ethyl adjacent to an activating group) is 1. The van der Waals surface area contributed by atoms with E-state index in [1.54, 1.807) is 65.9 Å². The molecule has 2 heterocycles. The fraction of sp³-hybridized carbons (Fsp3) is 0.683. The van der Waals surface area contributed by atoms with Gasteiger partial charge in [-0.1, -0.05) is 156 Å². The molecule has 0 spiro atoms. The highest BCUT2D eigenvalue weighted by Crippen LogP contribution is 2.24. The minimum atomic E-state index is -1.90. The van der Waals surface area contributed by atoms with E-state index in [1.165, 1.54) is 108 Å². The van der Waals surface area contributed by atoms with E-state index in [0.717, 1.165) is 36.6 Å². The first-order chi connectivity index (χ1) is 71.5. The smallest absolute Gasteiger partial charge is 0.245 e. The summed E-state index contributed by atoms with van der Waals surface area (Å²) >= 11 is 0. The monoisotopic (exact) mass is 2110 g/mol. The number of phenols is 1. The van der Waals surface area contributed by atoms with Gasteiger partial charge in [0.1, 0.15) is 90.3 Å². The van der Waals surface area contributed by atoms with Gasteiger partial charge in [-0.3, -0.25) is 91.1 Å². The lowest BCUT2D eigenvalue weighted by molar-refractivity contribution is -0.140. The molecule has 15 atom stereocenters. The molecule has 0 unspecified atom stereocenters. The Morgan fingerprint density at radius 3 is 1.35 bits per heavy atom. The Balaban J connectivity index is 1.43. The van der Waals surface area contributed by atoms with Crippen molar-refractivity contribution in [3.8, 4) is 5.75 Å². The van der Waals surface area contributed by atoms with Crippen LogP contribution >= 0.6 is 0 Å². The largest absolute Gasteiger partial charge is 0.508 e. The van der Waals surface area contributed by atoms with Crippen molar-refractivity contribution in [1.29, 1.82) is 0 Å². The highest BCUT2D eigenvalue weighted by molar-refractivity contribution is 6.02. The normalized spacial score (nSPS) is 15.2. The van der Waals surface area contributed by atoms with Gasteiger partial charge in [0.2, 0.25) is 112 Å². The fourth-order valence-corrected chi connectivity index (χ4v) is 17.4. The average Bonchev–Trinajstić information content (AvgIpc) is 1.69. The number of nitrogens with one attached hydrogen (secondary N) is 18. The van der Waals surface area contributed by atoms with Gasteiger partial charge in [0.25, 0.3) is 0 Å². The number of unbranched alkanes of at least 4 members (excludes halogenated alkanes) is 16. The molecule has 1 aliphatic rings. The summed E-state index contributed by atoms with van der Waals surface area (Å²) in [5.41, 5.74) is 30.6. The van der Waals surface area contributed by atoms with Gasteiger partial charge < -0.3 is 144 Å². The van der Waals surface area contributed by atoms with Crippen molar-refractivity contribution in [1.82, 2.24) is 100 Å². The van der Waals surface area contributed by atoms with Crippen LogP contribution in [0.4, 0.5) is 0 Å². The lowest BCUT2D eigenvalue weighted by Gasteiger charge is -2.29. The Kier molecular flexibility index (Phi) is 62.3. The number of aromatic nitrogens is 1. The van der Waals surface area contributed by atoms with E-state index >= 15 is 0 Å². The summed E-state index contributed by atoms with van der Waals surface area (Å²) in [6.45, 7) is 13.4. The number of H-pyrrole nitrogens is 1. The van der Waals surface area contributed by atoms with E-state index in [0.29, 0.717) is 88.4 Å². The molecular formula is C104H174N24O22. The second kappa shape index (κ2) is 72.0. The summed E-state index contributed by atoms with van der Waals surface area (Å²) < 4.78 is 0. The third-order valence-corrected chi connectivity index (χ3v) is 25.7. The lowest BCUT2D eigenvalue weighted by atomic mass is 9.99. The number of primary amides is 2. The summed E-state index contributed by atoms with van der Waals surface area (Å²) in [4.78, 5) is 269. The number of aromatic hydroxyl groups is 1. The van der Waals surface area contributed by atoms with Crippen molar-refractivity contribution in [3.05, 3.63) is 65.9 Å². The van der Waals surface area contributed by atoms with Crippen molar-refractivity contribution in [2.24, 2.45) is 46.4 Å². The zero-order valence-corrected chi connectivity index (χ0v) is 89.4. The van der Waals surface area contributed by atoms with Crippen LogP contribution < -0.4 is 119 Å². The first kappa shape index (κ1) is 130. The minimum Gasteiger partial charge on any atom is -0.508 e.